The van der Waals surface area contributed by atoms with Crippen molar-refractivity contribution in [2.24, 2.45) is 0 Å². The topological polar surface area (TPSA) is 61.4 Å². The van der Waals surface area contributed by atoms with E-state index in [1.165, 1.54) is 0 Å². The van der Waals surface area contributed by atoms with Gasteiger partial charge in [-0.1, -0.05) is 6.92 Å². The maximum Gasteiger partial charge on any atom is 0.326 e. The predicted molar refractivity (Wildman–Crippen MR) is 41.5 cm³/mol. The second-order valence-corrected chi connectivity index (χ2v) is 2.92. The minimum Gasteiger partial charge on any atom is -0.480 e. The van der Waals surface area contributed by atoms with Crippen LogP contribution in [-0.2, 0) is 4.79 Å². The van der Waals surface area contributed by atoms with E-state index in [9.17, 15) is 4.79 Å². The summed E-state index contributed by atoms with van der Waals surface area (Å²) in [6.07, 6.45) is 0.967. The number of carboxylic acids is 1. The zero-order valence-corrected chi connectivity index (χ0v) is 6.68. The van der Waals surface area contributed by atoms with Gasteiger partial charge in [0.05, 0.1) is 0 Å². The van der Waals surface area contributed by atoms with Gasteiger partial charge >= 0.3 is 5.97 Å². The van der Waals surface area contributed by atoms with Crippen LogP contribution in [0, 0.1) is 0 Å². The Morgan fingerprint density at radius 2 is 2.36 bits per heavy atom. The first-order valence-corrected chi connectivity index (χ1v) is 3.90. The molecule has 64 valence electrons. The molecule has 0 aliphatic carbocycles. The molecule has 4 heteroatoms. The van der Waals surface area contributed by atoms with E-state index in [4.69, 9.17) is 5.11 Å². The Morgan fingerprint density at radius 3 is 2.64 bits per heavy atom. The Bertz CT molecular complexity index is 155. The molecule has 0 atom stereocenters. The van der Waals surface area contributed by atoms with Crippen LogP contribution in [0.15, 0.2) is 0 Å². The molecule has 0 saturated carbocycles. The van der Waals surface area contributed by atoms with E-state index in [2.05, 4.69) is 10.6 Å². The van der Waals surface area contributed by atoms with Crippen LogP contribution in [0.25, 0.3) is 0 Å². The van der Waals surface area contributed by atoms with E-state index in [0.717, 1.165) is 13.0 Å². The maximum absolute atomic E-state index is 10.7. The summed E-state index contributed by atoms with van der Waals surface area (Å²) < 4.78 is 0. The molecule has 1 fully saturated rings. The van der Waals surface area contributed by atoms with Crippen molar-refractivity contribution in [1.29, 1.82) is 0 Å². The van der Waals surface area contributed by atoms with Gasteiger partial charge < -0.3 is 10.4 Å². The number of hydrogen-bond donors (Lipinski definition) is 3. The highest BCUT2D eigenvalue weighted by atomic mass is 16.4. The number of hydrogen-bond acceptors (Lipinski definition) is 3. The van der Waals surface area contributed by atoms with Gasteiger partial charge in [-0.3, -0.25) is 10.1 Å². The van der Waals surface area contributed by atoms with Crippen LogP contribution in [0.4, 0.5) is 0 Å². The smallest absolute Gasteiger partial charge is 0.326 e. The summed E-state index contributed by atoms with van der Waals surface area (Å²) in [5.74, 6) is -0.746. The van der Waals surface area contributed by atoms with Gasteiger partial charge in [-0.05, 0) is 13.0 Å². The summed E-state index contributed by atoms with van der Waals surface area (Å²) in [5.41, 5.74) is -0.671. The quantitative estimate of drug-likeness (QED) is 0.512. The molecule has 0 amide bonds. The van der Waals surface area contributed by atoms with Crippen LogP contribution in [0.1, 0.15) is 13.3 Å². The van der Waals surface area contributed by atoms with Crippen LogP contribution in [0.5, 0.6) is 0 Å². The summed E-state index contributed by atoms with van der Waals surface area (Å²) in [6.45, 7) is 3.88. The van der Waals surface area contributed by atoms with Gasteiger partial charge in [0.25, 0.3) is 0 Å². The zero-order valence-electron chi connectivity index (χ0n) is 6.68. The number of nitrogens with one attached hydrogen (secondary N) is 2. The van der Waals surface area contributed by atoms with Crippen LogP contribution in [-0.4, -0.2) is 36.2 Å². The Hall–Kier alpha value is -0.610. The average Bonchev–Trinajstić information content (AvgIpc) is 1.85. The average molecular weight is 158 g/mol. The largest absolute Gasteiger partial charge is 0.480 e. The number of rotatable bonds is 4. The molecule has 0 aromatic heterocycles. The summed E-state index contributed by atoms with van der Waals surface area (Å²) in [5, 5.41) is 14.8. The van der Waals surface area contributed by atoms with E-state index >= 15 is 0 Å². The minimum absolute atomic E-state index is 0.544. The van der Waals surface area contributed by atoms with E-state index in [0.29, 0.717) is 13.1 Å². The Morgan fingerprint density at radius 1 is 1.73 bits per heavy atom. The van der Waals surface area contributed by atoms with Crippen LogP contribution in [0.3, 0.4) is 0 Å². The molecule has 0 aromatic rings. The van der Waals surface area contributed by atoms with Crippen LogP contribution >= 0.6 is 0 Å². The lowest BCUT2D eigenvalue weighted by Gasteiger charge is -2.39. The number of carboxylic acid groups (broad SMARTS) is 1. The molecule has 1 heterocycles. The molecule has 4 nitrogen and oxygen atoms in total. The van der Waals surface area contributed by atoms with Crippen molar-refractivity contribution in [2.75, 3.05) is 19.6 Å². The van der Waals surface area contributed by atoms with Gasteiger partial charge in [0.2, 0.25) is 0 Å². The highest BCUT2D eigenvalue weighted by Gasteiger charge is 2.43. The Balaban J connectivity index is 2.40. The molecule has 1 aliphatic rings. The van der Waals surface area contributed by atoms with E-state index < -0.39 is 11.5 Å². The molecule has 0 bridgehead atoms. The first-order valence-electron chi connectivity index (χ1n) is 3.90. The van der Waals surface area contributed by atoms with Gasteiger partial charge in [0, 0.05) is 13.1 Å². The first-order chi connectivity index (χ1) is 5.21. The Labute approximate surface area is 66.0 Å². The highest BCUT2D eigenvalue weighted by Crippen LogP contribution is 2.10. The lowest BCUT2D eigenvalue weighted by Crippen LogP contribution is -2.72. The predicted octanol–water partition coefficient (Wildman–Crippen LogP) is -0.587. The zero-order chi connectivity index (χ0) is 8.32. The molecule has 1 aliphatic heterocycles. The van der Waals surface area contributed by atoms with Crippen molar-refractivity contribution < 1.29 is 9.90 Å². The fourth-order valence-corrected chi connectivity index (χ4v) is 1.09. The van der Waals surface area contributed by atoms with Gasteiger partial charge in [-0.2, -0.15) is 0 Å². The molecule has 0 aromatic carbocycles. The van der Waals surface area contributed by atoms with Crippen molar-refractivity contribution in [3.63, 3.8) is 0 Å². The van der Waals surface area contributed by atoms with Crippen LogP contribution < -0.4 is 10.6 Å². The van der Waals surface area contributed by atoms with Gasteiger partial charge in [-0.25, -0.2) is 0 Å². The third-order valence-electron chi connectivity index (χ3n) is 1.98. The first kappa shape index (κ1) is 8.49. The summed E-state index contributed by atoms with van der Waals surface area (Å²) in [6, 6.07) is 0. The molecule has 1 rings (SSSR count). The van der Waals surface area contributed by atoms with Gasteiger partial charge in [0.1, 0.15) is 5.54 Å². The summed E-state index contributed by atoms with van der Waals surface area (Å²) in [4.78, 5) is 10.7. The van der Waals surface area contributed by atoms with Crippen LogP contribution in [0.2, 0.25) is 0 Å². The lowest BCUT2D eigenvalue weighted by molar-refractivity contribution is -0.147. The maximum atomic E-state index is 10.7. The normalized spacial score (nSPS) is 20.8. The molecule has 11 heavy (non-hydrogen) atoms. The molecule has 0 spiro atoms. The Kier molecular flexibility index (Phi) is 2.46. The van der Waals surface area contributed by atoms with E-state index in [-0.39, 0.29) is 0 Å². The monoisotopic (exact) mass is 158 g/mol. The third kappa shape index (κ3) is 1.52. The van der Waals surface area contributed by atoms with Gasteiger partial charge in [-0.15, -0.1) is 0 Å². The molecular weight excluding hydrogens is 144 g/mol. The standard InChI is InChI=1S/C7H14N2O2/c1-2-3-9-7(6(10)11)4-8-5-7/h8-9H,2-5H2,1H3,(H,10,11). The van der Waals surface area contributed by atoms with Gasteiger partial charge in [0.15, 0.2) is 0 Å². The molecule has 0 radical (unpaired) electrons. The molecule has 3 N–H and O–H groups in total. The number of carbonyl (C=O) groups is 1. The third-order valence-corrected chi connectivity index (χ3v) is 1.98. The fraction of sp³-hybridized carbons (Fsp3) is 0.857. The van der Waals surface area contributed by atoms with Crippen molar-refractivity contribution in [3.05, 3.63) is 0 Å². The molecule has 0 unspecified atom stereocenters. The molecule has 1 saturated heterocycles. The second-order valence-electron chi connectivity index (χ2n) is 2.92. The van der Waals surface area contributed by atoms with E-state index in [1.807, 2.05) is 6.92 Å². The fourth-order valence-electron chi connectivity index (χ4n) is 1.09. The lowest BCUT2D eigenvalue weighted by atomic mass is 9.92. The van der Waals surface area contributed by atoms with Crippen molar-refractivity contribution in [1.82, 2.24) is 10.6 Å². The highest BCUT2D eigenvalue weighted by molar-refractivity contribution is 5.80. The SMILES string of the molecule is CCCNC1(C(=O)O)CNC1. The number of aliphatic carboxylic acids is 1. The van der Waals surface area contributed by atoms with E-state index in [1.54, 1.807) is 0 Å². The summed E-state index contributed by atoms with van der Waals surface area (Å²) >= 11 is 0. The minimum atomic E-state index is -0.746. The summed E-state index contributed by atoms with van der Waals surface area (Å²) in [7, 11) is 0. The van der Waals surface area contributed by atoms with Crippen molar-refractivity contribution >= 4 is 5.97 Å². The van der Waals surface area contributed by atoms with Crippen molar-refractivity contribution in [3.8, 4) is 0 Å². The molecular formula is C7H14N2O2. The van der Waals surface area contributed by atoms with Crippen molar-refractivity contribution in [2.45, 2.75) is 18.9 Å². The second kappa shape index (κ2) is 3.19.